The lowest BCUT2D eigenvalue weighted by Gasteiger charge is -2.23. The zero-order valence-corrected chi connectivity index (χ0v) is 14.3. The molecule has 0 aliphatic heterocycles. The van der Waals surface area contributed by atoms with Crippen molar-refractivity contribution in [3.63, 3.8) is 0 Å². The van der Waals surface area contributed by atoms with E-state index in [1.165, 1.54) is 0 Å². The predicted molar refractivity (Wildman–Crippen MR) is 87.7 cm³/mol. The molecule has 20 heavy (non-hydrogen) atoms. The van der Waals surface area contributed by atoms with Crippen molar-refractivity contribution < 1.29 is 4.79 Å². The Kier molecular flexibility index (Phi) is 7.24. The fraction of sp³-hybridized carbons (Fsp3) is 0.562. The molecule has 0 aliphatic carbocycles. The second-order valence-corrected chi connectivity index (χ2v) is 6.01. The molecule has 1 unspecified atom stereocenters. The second kappa shape index (κ2) is 8.42. The number of hydrogen-bond donors (Lipinski definition) is 2. The molecule has 0 aliphatic rings. The third-order valence-electron chi connectivity index (χ3n) is 3.60. The van der Waals surface area contributed by atoms with Crippen LogP contribution in [0.1, 0.15) is 52.1 Å². The molecule has 0 radical (unpaired) electrons. The van der Waals surface area contributed by atoms with Gasteiger partial charge >= 0.3 is 0 Å². The topological polar surface area (TPSA) is 41.1 Å². The molecule has 1 aromatic carbocycles. The van der Waals surface area contributed by atoms with Gasteiger partial charge in [-0.2, -0.15) is 0 Å². The summed E-state index contributed by atoms with van der Waals surface area (Å²) in [5.74, 6) is 0.0672. The summed E-state index contributed by atoms with van der Waals surface area (Å²) < 4.78 is 1.06. The molecule has 2 N–H and O–H groups in total. The van der Waals surface area contributed by atoms with Gasteiger partial charge in [0.2, 0.25) is 5.91 Å². The van der Waals surface area contributed by atoms with Gasteiger partial charge < -0.3 is 5.32 Å². The van der Waals surface area contributed by atoms with Crippen LogP contribution >= 0.6 is 15.9 Å². The summed E-state index contributed by atoms with van der Waals surface area (Å²) in [5.41, 5.74) is 1.16. The molecule has 112 valence electrons. The Balaban J connectivity index is 2.59. The third-order valence-corrected chi connectivity index (χ3v) is 4.32. The van der Waals surface area contributed by atoms with E-state index >= 15 is 0 Å². The molecule has 0 saturated carbocycles. The van der Waals surface area contributed by atoms with Crippen molar-refractivity contribution in [3.05, 3.63) is 34.3 Å². The van der Waals surface area contributed by atoms with E-state index in [0.717, 1.165) is 22.9 Å². The third kappa shape index (κ3) is 4.91. The van der Waals surface area contributed by atoms with Crippen LogP contribution in [0.2, 0.25) is 0 Å². The number of nitrogens with one attached hydrogen (secondary N) is 2. The van der Waals surface area contributed by atoms with Crippen molar-refractivity contribution in [2.45, 2.75) is 58.7 Å². The van der Waals surface area contributed by atoms with E-state index in [-0.39, 0.29) is 24.0 Å². The van der Waals surface area contributed by atoms with E-state index in [0.29, 0.717) is 0 Å². The standard InChI is InChI=1S/C16H25BrN2O/c1-5-13(6-2)19-16(20)12(4)18-11(3)14-9-7-8-10-15(14)17/h7-13,18H,5-6H2,1-4H3,(H,19,20)/t11-,12?/m0/s1. The summed E-state index contributed by atoms with van der Waals surface area (Å²) in [4.78, 5) is 12.1. The fourth-order valence-corrected chi connectivity index (χ4v) is 2.81. The van der Waals surface area contributed by atoms with Crippen LogP contribution in [-0.2, 0) is 4.79 Å². The Morgan fingerprint density at radius 3 is 2.35 bits per heavy atom. The van der Waals surface area contributed by atoms with Crippen LogP contribution in [-0.4, -0.2) is 18.0 Å². The minimum Gasteiger partial charge on any atom is -0.352 e. The maximum atomic E-state index is 12.1. The number of halogens is 1. The van der Waals surface area contributed by atoms with Crippen molar-refractivity contribution in [3.8, 4) is 0 Å². The quantitative estimate of drug-likeness (QED) is 0.792. The molecule has 1 amide bonds. The largest absolute Gasteiger partial charge is 0.352 e. The van der Waals surface area contributed by atoms with E-state index in [1.54, 1.807) is 0 Å². The predicted octanol–water partition coefficient (Wildman–Crippen LogP) is 3.79. The molecule has 4 heteroatoms. The first-order valence-corrected chi connectivity index (χ1v) is 8.09. The Morgan fingerprint density at radius 1 is 1.20 bits per heavy atom. The highest BCUT2D eigenvalue weighted by Gasteiger charge is 2.19. The molecule has 1 rings (SSSR count). The van der Waals surface area contributed by atoms with Gasteiger partial charge in [0, 0.05) is 16.6 Å². The van der Waals surface area contributed by atoms with Crippen molar-refractivity contribution in [1.82, 2.24) is 10.6 Å². The van der Waals surface area contributed by atoms with Crippen LogP contribution in [0, 0.1) is 0 Å². The van der Waals surface area contributed by atoms with E-state index in [9.17, 15) is 4.79 Å². The minimum absolute atomic E-state index is 0.0672. The molecule has 3 nitrogen and oxygen atoms in total. The molecule has 2 atom stereocenters. The van der Waals surface area contributed by atoms with E-state index in [2.05, 4.69) is 53.4 Å². The lowest BCUT2D eigenvalue weighted by Crippen LogP contribution is -2.46. The van der Waals surface area contributed by atoms with Crippen molar-refractivity contribution in [2.75, 3.05) is 0 Å². The number of amides is 1. The van der Waals surface area contributed by atoms with Crippen LogP contribution in [0.25, 0.3) is 0 Å². The Hall–Kier alpha value is -0.870. The van der Waals surface area contributed by atoms with Gasteiger partial charge in [-0.1, -0.05) is 48.0 Å². The van der Waals surface area contributed by atoms with Gasteiger partial charge in [-0.05, 0) is 38.3 Å². The second-order valence-electron chi connectivity index (χ2n) is 5.15. The minimum atomic E-state index is -0.210. The average molecular weight is 341 g/mol. The molecule has 0 heterocycles. The van der Waals surface area contributed by atoms with Crippen molar-refractivity contribution in [2.24, 2.45) is 0 Å². The van der Waals surface area contributed by atoms with Crippen molar-refractivity contribution >= 4 is 21.8 Å². The Bertz CT molecular complexity index is 432. The average Bonchev–Trinajstić information content (AvgIpc) is 2.44. The van der Waals surface area contributed by atoms with Crippen LogP contribution < -0.4 is 10.6 Å². The smallest absolute Gasteiger partial charge is 0.237 e. The summed E-state index contributed by atoms with van der Waals surface area (Å²) in [5, 5.41) is 6.42. The number of hydrogen-bond acceptors (Lipinski definition) is 2. The lowest BCUT2D eigenvalue weighted by molar-refractivity contribution is -0.123. The van der Waals surface area contributed by atoms with E-state index < -0.39 is 0 Å². The highest BCUT2D eigenvalue weighted by molar-refractivity contribution is 9.10. The van der Waals surface area contributed by atoms with Gasteiger partial charge in [-0.3, -0.25) is 10.1 Å². The summed E-state index contributed by atoms with van der Waals surface area (Å²) in [7, 11) is 0. The van der Waals surface area contributed by atoms with Crippen molar-refractivity contribution in [1.29, 1.82) is 0 Å². The maximum absolute atomic E-state index is 12.1. The number of carbonyl (C=O) groups excluding carboxylic acids is 1. The fourth-order valence-electron chi connectivity index (χ4n) is 2.19. The summed E-state index contributed by atoms with van der Waals surface area (Å²) >= 11 is 3.55. The lowest BCUT2D eigenvalue weighted by atomic mass is 10.1. The summed E-state index contributed by atoms with van der Waals surface area (Å²) in [6.07, 6.45) is 1.93. The highest BCUT2D eigenvalue weighted by atomic mass is 79.9. The first-order chi connectivity index (χ1) is 9.49. The highest BCUT2D eigenvalue weighted by Crippen LogP contribution is 2.23. The van der Waals surface area contributed by atoms with Gasteiger partial charge in [-0.25, -0.2) is 0 Å². The molecule has 0 bridgehead atoms. The zero-order valence-electron chi connectivity index (χ0n) is 12.7. The molecule has 1 aromatic rings. The van der Waals surface area contributed by atoms with E-state index in [4.69, 9.17) is 0 Å². The monoisotopic (exact) mass is 340 g/mol. The van der Waals surface area contributed by atoms with Gasteiger partial charge in [0.05, 0.1) is 6.04 Å². The number of carbonyl (C=O) groups is 1. The number of rotatable bonds is 7. The Morgan fingerprint density at radius 2 is 1.80 bits per heavy atom. The molecular formula is C16H25BrN2O. The van der Waals surface area contributed by atoms with Crippen LogP contribution in [0.3, 0.4) is 0 Å². The van der Waals surface area contributed by atoms with E-state index in [1.807, 2.05) is 25.1 Å². The van der Waals surface area contributed by atoms with Crippen LogP contribution in [0.4, 0.5) is 0 Å². The molecule has 0 saturated heterocycles. The summed E-state index contributed by atoms with van der Waals surface area (Å²) in [6, 6.07) is 8.25. The molecule has 0 aromatic heterocycles. The van der Waals surface area contributed by atoms with Crippen LogP contribution in [0.15, 0.2) is 28.7 Å². The molecule has 0 fully saturated rings. The first kappa shape index (κ1) is 17.2. The van der Waals surface area contributed by atoms with Gasteiger partial charge in [0.15, 0.2) is 0 Å². The summed E-state index contributed by atoms with van der Waals surface area (Å²) in [6.45, 7) is 8.17. The normalized spacial score (nSPS) is 14.1. The molecular weight excluding hydrogens is 316 g/mol. The zero-order chi connectivity index (χ0) is 15.1. The van der Waals surface area contributed by atoms with Crippen LogP contribution in [0.5, 0.6) is 0 Å². The molecule has 0 spiro atoms. The maximum Gasteiger partial charge on any atom is 0.237 e. The van der Waals surface area contributed by atoms with Gasteiger partial charge in [-0.15, -0.1) is 0 Å². The first-order valence-electron chi connectivity index (χ1n) is 7.30. The SMILES string of the molecule is CCC(CC)NC(=O)C(C)N[C@@H](C)c1ccccc1Br. The Labute approximate surface area is 130 Å². The van der Waals surface area contributed by atoms with Gasteiger partial charge in [0.25, 0.3) is 0 Å². The number of benzene rings is 1. The van der Waals surface area contributed by atoms with Gasteiger partial charge in [0.1, 0.15) is 0 Å².